The maximum absolute atomic E-state index is 12.4. The Bertz CT molecular complexity index is 1310. The molecule has 0 aliphatic heterocycles. The van der Waals surface area contributed by atoms with E-state index in [1.54, 1.807) is 24.3 Å². The third-order valence-corrected chi connectivity index (χ3v) is 4.78. The molecule has 0 saturated heterocycles. The van der Waals surface area contributed by atoms with Gasteiger partial charge < -0.3 is 9.15 Å². The first-order valence-corrected chi connectivity index (χ1v) is 9.85. The molecule has 4 rings (SSSR count). The van der Waals surface area contributed by atoms with Gasteiger partial charge >= 0.3 is 5.91 Å². The number of carbonyl (C=O) groups excluding carboxylic acids is 1. The molecule has 1 heterocycles. The smallest absolute Gasteiger partial charge is 0.307 e. The van der Waals surface area contributed by atoms with Crippen LogP contribution in [0.5, 0.6) is 5.75 Å². The Morgan fingerprint density at radius 3 is 2.69 bits per heavy atom. The van der Waals surface area contributed by atoms with Crippen LogP contribution in [0, 0.1) is 10.1 Å². The highest BCUT2D eigenvalue weighted by molar-refractivity contribution is 6.30. The van der Waals surface area contributed by atoms with Crippen LogP contribution in [-0.2, 0) is 6.61 Å². The molecule has 1 aromatic heterocycles. The number of para-hydroxylation sites is 1. The van der Waals surface area contributed by atoms with E-state index in [-0.39, 0.29) is 11.4 Å². The molecule has 0 aliphatic carbocycles. The molecular weight excluding hydrogens is 434 g/mol. The fourth-order valence-electron chi connectivity index (χ4n) is 2.93. The van der Waals surface area contributed by atoms with Gasteiger partial charge in [0.15, 0.2) is 5.76 Å². The number of ether oxygens (including phenoxy) is 1. The van der Waals surface area contributed by atoms with Crippen molar-refractivity contribution in [1.82, 2.24) is 5.43 Å². The number of rotatable bonds is 7. The van der Waals surface area contributed by atoms with Gasteiger partial charge in [0.2, 0.25) is 0 Å². The van der Waals surface area contributed by atoms with Gasteiger partial charge in [-0.1, -0.05) is 35.9 Å². The van der Waals surface area contributed by atoms with Crippen LogP contribution in [0.3, 0.4) is 0 Å². The zero-order chi connectivity index (χ0) is 22.5. The van der Waals surface area contributed by atoms with Crippen molar-refractivity contribution >= 4 is 40.4 Å². The minimum atomic E-state index is -0.584. The number of furan rings is 1. The summed E-state index contributed by atoms with van der Waals surface area (Å²) in [5, 5.41) is 16.0. The fraction of sp³-hybridized carbons (Fsp3) is 0.0435. The number of hydrogen-bond acceptors (Lipinski definition) is 6. The van der Waals surface area contributed by atoms with E-state index >= 15 is 0 Å². The Morgan fingerprint density at radius 1 is 1.12 bits per heavy atom. The highest BCUT2D eigenvalue weighted by atomic mass is 35.5. The van der Waals surface area contributed by atoms with Gasteiger partial charge in [0.05, 0.1) is 11.1 Å². The van der Waals surface area contributed by atoms with Gasteiger partial charge in [-0.05, 0) is 42.0 Å². The van der Waals surface area contributed by atoms with Crippen molar-refractivity contribution in [2.24, 2.45) is 5.10 Å². The lowest BCUT2D eigenvalue weighted by Crippen LogP contribution is -2.16. The van der Waals surface area contributed by atoms with Crippen LogP contribution < -0.4 is 10.2 Å². The van der Waals surface area contributed by atoms with Crippen molar-refractivity contribution in [2.45, 2.75) is 6.61 Å². The quantitative estimate of drug-likeness (QED) is 0.233. The van der Waals surface area contributed by atoms with Crippen molar-refractivity contribution in [3.05, 3.63) is 105 Å². The predicted molar refractivity (Wildman–Crippen MR) is 120 cm³/mol. The lowest BCUT2D eigenvalue weighted by molar-refractivity contribution is -0.384. The van der Waals surface area contributed by atoms with E-state index in [4.69, 9.17) is 20.8 Å². The monoisotopic (exact) mass is 449 g/mol. The van der Waals surface area contributed by atoms with Crippen LogP contribution in [0.4, 0.5) is 5.69 Å². The molecule has 0 radical (unpaired) electrons. The molecule has 1 amide bonds. The van der Waals surface area contributed by atoms with Crippen LogP contribution in [0.25, 0.3) is 11.0 Å². The Hall–Kier alpha value is -4.17. The summed E-state index contributed by atoms with van der Waals surface area (Å²) in [6.07, 6.45) is 1.46. The molecule has 0 fully saturated rings. The molecule has 0 atom stereocenters. The zero-order valence-corrected chi connectivity index (χ0v) is 17.3. The molecule has 0 saturated carbocycles. The highest BCUT2D eigenvalue weighted by Crippen LogP contribution is 2.24. The number of benzene rings is 3. The first-order chi connectivity index (χ1) is 15.5. The summed E-state index contributed by atoms with van der Waals surface area (Å²) in [6, 6.07) is 20.1. The summed E-state index contributed by atoms with van der Waals surface area (Å²) in [4.78, 5) is 22.7. The lowest BCUT2D eigenvalue weighted by Gasteiger charge is -2.09. The second-order valence-corrected chi connectivity index (χ2v) is 7.18. The van der Waals surface area contributed by atoms with E-state index in [1.807, 2.05) is 24.3 Å². The molecule has 32 heavy (non-hydrogen) atoms. The molecule has 9 heteroatoms. The minimum Gasteiger partial charge on any atom is -0.488 e. The molecule has 8 nitrogen and oxygen atoms in total. The van der Waals surface area contributed by atoms with E-state index < -0.39 is 10.8 Å². The number of carbonyl (C=O) groups is 1. The van der Waals surface area contributed by atoms with E-state index in [1.165, 1.54) is 30.5 Å². The second kappa shape index (κ2) is 9.32. The third-order valence-electron chi connectivity index (χ3n) is 4.53. The summed E-state index contributed by atoms with van der Waals surface area (Å²) in [6.45, 7) is 0.347. The van der Waals surface area contributed by atoms with Gasteiger partial charge in [-0.3, -0.25) is 14.9 Å². The summed E-state index contributed by atoms with van der Waals surface area (Å²) < 4.78 is 11.3. The fourth-order valence-corrected chi connectivity index (χ4v) is 3.06. The number of nitrogens with one attached hydrogen (secondary N) is 1. The normalized spacial score (nSPS) is 11.0. The molecule has 0 spiro atoms. The van der Waals surface area contributed by atoms with E-state index in [0.29, 0.717) is 33.9 Å². The number of fused-ring (bicyclic) bond motifs is 1. The van der Waals surface area contributed by atoms with Gasteiger partial charge in [-0.15, -0.1) is 0 Å². The third kappa shape index (κ3) is 4.93. The van der Waals surface area contributed by atoms with Crippen LogP contribution in [0.2, 0.25) is 5.02 Å². The molecular formula is C23H16ClN3O5. The van der Waals surface area contributed by atoms with Gasteiger partial charge in [-0.2, -0.15) is 5.10 Å². The summed E-state index contributed by atoms with van der Waals surface area (Å²) in [5.74, 6) is 0.00100. The molecule has 0 unspecified atom stereocenters. The molecule has 3 aromatic carbocycles. The van der Waals surface area contributed by atoms with Crippen LogP contribution in [0.1, 0.15) is 21.7 Å². The van der Waals surface area contributed by atoms with Crippen molar-refractivity contribution in [2.75, 3.05) is 0 Å². The average Bonchev–Trinajstić information content (AvgIpc) is 3.23. The van der Waals surface area contributed by atoms with Gasteiger partial charge in [-0.25, -0.2) is 5.43 Å². The number of hydrogen-bond donors (Lipinski definition) is 1. The molecule has 160 valence electrons. The van der Waals surface area contributed by atoms with E-state index in [2.05, 4.69) is 10.5 Å². The molecule has 0 aliphatic rings. The number of nitro groups is 1. The Morgan fingerprint density at radius 2 is 1.91 bits per heavy atom. The van der Waals surface area contributed by atoms with Gasteiger partial charge in [0.1, 0.15) is 17.9 Å². The number of nitrogens with zero attached hydrogens (tertiary/aromatic N) is 2. The number of halogens is 1. The van der Waals surface area contributed by atoms with Crippen molar-refractivity contribution in [3.8, 4) is 5.75 Å². The Kier molecular flexibility index (Phi) is 6.14. The second-order valence-electron chi connectivity index (χ2n) is 6.74. The minimum absolute atomic E-state index is 0.00933. The summed E-state index contributed by atoms with van der Waals surface area (Å²) >= 11 is 5.90. The van der Waals surface area contributed by atoms with Gasteiger partial charge in [0.25, 0.3) is 5.69 Å². The maximum Gasteiger partial charge on any atom is 0.307 e. The summed E-state index contributed by atoms with van der Waals surface area (Å²) in [5.41, 5.74) is 4.29. The molecule has 0 bridgehead atoms. The van der Waals surface area contributed by atoms with Crippen molar-refractivity contribution in [1.29, 1.82) is 0 Å². The van der Waals surface area contributed by atoms with Crippen molar-refractivity contribution in [3.63, 3.8) is 0 Å². The van der Waals surface area contributed by atoms with Crippen LogP contribution in [-0.4, -0.2) is 17.0 Å². The van der Waals surface area contributed by atoms with Crippen molar-refractivity contribution < 1.29 is 18.9 Å². The Labute approximate surface area is 187 Å². The van der Waals surface area contributed by atoms with E-state index in [9.17, 15) is 14.9 Å². The SMILES string of the molecule is O=C(N/N=C/c1ccccc1OCc1ccc(Cl)cc1)c1cc2cc([N+](=O)[O-])ccc2o1. The zero-order valence-electron chi connectivity index (χ0n) is 16.5. The summed E-state index contributed by atoms with van der Waals surface area (Å²) in [7, 11) is 0. The average molecular weight is 450 g/mol. The molecule has 4 aromatic rings. The number of nitro benzene ring substituents is 1. The predicted octanol–water partition coefficient (Wildman–Crippen LogP) is 5.34. The molecule has 1 N–H and O–H groups in total. The largest absolute Gasteiger partial charge is 0.488 e. The van der Waals surface area contributed by atoms with Gasteiger partial charge in [0, 0.05) is 28.1 Å². The standard InChI is InChI=1S/C23H16ClN3O5/c24-18-7-5-15(6-8-18)14-31-20-4-2-1-3-16(20)13-25-26-23(28)22-12-17-11-19(27(29)30)9-10-21(17)32-22/h1-13H,14H2,(H,26,28)/b25-13+. The topological polar surface area (TPSA) is 107 Å². The van der Waals surface area contributed by atoms with Crippen LogP contribution >= 0.6 is 11.6 Å². The number of amides is 1. The lowest BCUT2D eigenvalue weighted by atomic mass is 10.2. The first kappa shape index (κ1) is 21.1. The maximum atomic E-state index is 12.4. The highest BCUT2D eigenvalue weighted by Gasteiger charge is 2.14. The van der Waals surface area contributed by atoms with Crippen LogP contribution in [0.15, 0.2) is 82.3 Å². The first-order valence-electron chi connectivity index (χ1n) is 9.47. The number of hydrazone groups is 1. The van der Waals surface area contributed by atoms with E-state index in [0.717, 1.165) is 5.56 Å². The Balaban J connectivity index is 1.42. The number of non-ortho nitro benzene ring substituents is 1.